The molecule has 0 aliphatic heterocycles. The summed E-state index contributed by atoms with van der Waals surface area (Å²) in [6, 6.07) is 0.206. The fraction of sp³-hybridized carbons (Fsp3) is 1.00. The molecular weight excluding hydrogens is 194 g/mol. The van der Waals surface area contributed by atoms with Gasteiger partial charge in [0.1, 0.15) is 0 Å². The lowest BCUT2D eigenvalue weighted by molar-refractivity contribution is 0.0258. The zero-order valence-electron chi connectivity index (χ0n) is 10.2. The minimum Gasteiger partial charge on any atom is -0.382 e. The van der Waals surface area contributed by atoms with Crippen LogP contribution in [0.2, 0.25) is 0 Å². The quantitative estimate of drug-likeness (QED) is 0.561. The molecule has 0 heterocycles. The number of nitrogens with two attached hydrogens (primary N) is 1. The topological polar surface area (TPSA) is 53.7 Å². The van der Waals surface area contributed by atoms with Gasteiger partial charge >= 0.3 is 0 Å². The van der Waals surface area contributed by atoms with Crippen molar-refractivity contribution in [3.63, 3.8) is 0 Å². The fourth-order valence-corrected chi connectivity index (χ4v) is 1.28. The molecule has 15 heavy (non-hydrogen) atoms. The summed E-state index contributed by atoms with van der Waals surface area (Å²) in [5, 5.41) is 0. The van der Waals surface area contributed by atoms with Crippen LogP contribution in [0.25, 0.3) is 0 Å². The largest absolute Gasteiger partial charge is 0.382 e. The van der Waals surface area contributed by atoms with Crippen LogP contribution < -0.4 is 5.73 Å². The van der Waals surface area contributed by atoms with E-state index in [0.29, 0.717) is 13.2 Å². The Morgan fingerprint density at radius 1 is 1.07 bits per heavy atom. The molecule has 92 valence electrons. The fourth-order valence-electron chi connectivity index (χ4n) is 1.28. The third-order valence-electron chi connectivity index (χ3n) is 1.97. The maximum atomic E-state index is 5.66. The van der Waals surface area contributed by atoms with Crippen molar-refractivity contribution in [1.29, 1.82) is 0 Å². The van der Waals surface area contributed by atoms with E-state index in [1.807, 2.05) is 6.92 Å². The molecule has 0 bridgehead atoms. The molecule has 0 radical (unpaired) electrons. The van der Waals surface area contributed by atoms with Crippen molar-refractivity contribution in [2.75, 3.05) is 33.5 Å². The number of hydrogen-bond donors (Lipinski definition) is 1. The lowest BCUT2D eigenvalue weighted by Gasteiger charge is -2.14. The maximum Gasteiger partial charge on any atom is 0.0700 e. The number of rotatable bonds is 10. The maximum absolute atomic E-state index is 5.66. The Labute approximate surface area is 93.1 Å². The lowest BCUT2D eigenvalue weighted by atomic mass is 10.2. The molecule has 0 aromatic heterocycles. The average molecular weight is 219 g/mol. The van der Waals surface area contributed by atoms with Gasteiger partial charge in [-0.15, -0.1) is 0 Å². The normalized spacial score (nSPS) is 15.2. The molecular formula is C11H25NO3. The van der Waals surface area contributed by atoms with Gasteiger partial charge in [-0.2, -0.15) is 0 Å². The van der Waals surface area contributed by atoms with Gasteiger partial charge in [0.2, 0.25) is 0 Å². The molecule has 4 heteroatoms. The first-order valence-corrected chi connectivity index (χ1v) is 5.60. The molecule has 2 atom stereocenters. The molecule has 4 nitrogen and oxygen atoms in total. The highest BCUT2D eigenvalue weighted by atomic mass is 16.5. The summed E-state index contributed by atoms with van der Waals surface area (Å²) in [4.78, 5) is 0. The van der Waals surface area contributed by atoms with Gasteiger partial charge in [-0.25, -0.2) is 0 Å². The van der Waals surface area contributed by atoms with E-state index in [4.69, 9.17) is 19.9 Å². The van der Waals surface area contributed by atoms with Crippen molar-refractivity contribution in [3.05, 3.63) is 0 Å². The van der Waals surface area contributed by atoms with Crippen molar-refractivity contribution >= 4 is 0 Å². The van der Waals surface area contributed by atoms with Gasteiger partial charge in [0.05, 0.1) is 19.3 Å². The summed E-state index contributed by atoms with van der Waals surface area (Å²) in [6.07, 6.45) is 2.07. The molecule has 0 aliphatic carbocycles. The second kappa shape index (κ2) is 10.4. The van der Waals surface area contributed by atoms with Crippen LogP contribution in [0, 0.1) is 0 Å². The summed E-state index contributed by atoms with van der Waals surface area (Å²) in [5.41, 5.74) is 5.66. The second-order valence-corrected chi connectivity index (χ2v) is 3.85. The predicted molar refractivity (Wildman–Crippen MR) is 61.0 cm³/mol. The van der Waals surface area contributed by atoms with Gasteiger partial charge in [0.25, 0.3) is 0 Å². The van der Waals surface area contributed by atoms with E-state index in [1.54, 1.807) is 7.11 Å². The Bertz CT molecular complexity index is 131. The molecule has 0 fully saturated rings. The zero-order chi connectivity index (χ0) is 11.5. The highest BCUT2D eigenvalue weighted by Crippen LogP contribution is 2.00. The highest BCUT2D eigenvalue weighted by molar-refractivity contribution is 4.59. The van der Waals surface area contributed by atoms with Crippen LogP contribution in [0.15, 0.2) is 0 Å². The first kappa shape index (κ1) is 14.8. The molecule has 2 unspecified atom stereocenters. The van der Waals surface area contributed by atoms with E-state index in [2.05, 4.69) is 6.92 Å². The van der Waals surface area contributed by atoms with Crippen molar-refractivity contribution in [2.24, 2.45) is 5.73 Å². The Kier molecular flexibility index (Phi) is 10.3. The second-order valence-electron chi connectivity index (χ2n) is 3.85. The lowest BCUT2D eigenvalue weighted by Crippen LogP contribution is -2.23. The van der Waals surface area contributed by atoms with Crippen molar-refractivity contribution in [2.45, 2.75) is 38.8 Å². The molecule has 0 spiro atoms. The van der Waals surface area contributed by atoms with Crippen LogP contribution in [0.4, 0.5) is 0 Å². The molecule has 0 aliphatic rings. The van der Waals surface area contributed by atoms with E-state index in [0.717, 1.165) is 26.1 Å². The Morgan fingerprint density at radius 2 is 1.80 bits per heavy atom. The Hall–Kier alpha value is -0.160. The molecule has 2 N–H and O–H groups in total. The summed E-state index contributed by atoms with van der Waals surface area (Å²) in [7, 11) is 1.67. The van der Waals surface area contributed by atoms with Gasteiger partial charge in [-0.1, -0.05) is 0 Å². The number of methoxy groups -OCH3 is 1. The average Bonchev–Trinajstić information content (AvgIpc) is 2.15. The van der Waals surface area contributed by atoms with Crippen LogP contribution in [0.3, 0.4) is 0 Å². The van der Waals surface area contributed by atoms with Gasteiger partial charge in [0.15, 0.2) is 0 Å². The van der Waals surface area contributed by atoms with Crippen LogP contribution in [-0.4, -0.2) is 45.7 Å². The third-order valence-corrected chi connectivity index (χ3v) is 1.97. The standard InChI is InChI=1S/C11H25NO3/c1-10(12)9-11(2)15-6-4-5-14-8-7-13-3/h10-11H,4-9,12H2,1-3H3. The first-order chi connectivity index (χ1) is 7.16. The summed E-state index contributed by atoms with van der Waals surface area (Å²) >= 11 is 0. The zero-order valence-corrected chi connectivity index (χ0v) is 10.2. The molecule has 0 aromatic carbocycles. The van der Waals surface area contributed by atoms with Crippen LogP contribution in [0.1, 0.15) is 26.7 Å². The predicted octanol–water partition coefficient (Wildman–Crippen LogP) is 1.18. The van der Waals surface area contributed by atoms with E-state index >= 15 is 0 Å². The third kappa shape index (κ3) is 11.8. The monoisotopic (exact) mass is 219 g/mol. The molecule has 0 saturated heterocycles. The first-order valence-electron chi connectivity index (χ1n) is 5.60. The molecule has 0 aromatic rings. The van der Waals surface area contributed by atoms with Crippen molar-refractivity contribution < 1.29 is 14.2 Å². The Morgan fingerprint density at radius 3 is 2.40 bits per heavy atom. The SMILES string of the molecule is COCCOCCCOC(C)CC(C)N. The van der Waals surface area contributed by atoms with Crippen molar-refractivity contribution in [1.82, 2.24) is 0 Å². The van der Waals surface area contributed by atoms with E-state index in [9.17, 15) is 0 Å². The molecule has 0 rings (SSSR count). The van der Waals surface area contributed by atoms with E-state index in [1.165, 1.54) is 0 Å². The van der Waals surface area contributed by atoms with Crippen LogP contribution >= 0.6 is 0 Å². The summed E-state index contributed by atoms with van der Waals surface area (Å²) < 4.78 is 15.7. The minimum absolute atomic E-state index is 0.206. The highest BCUT2D eigenvalue weighted by Gasteiger charge is 2.04. The van der Waals surface area contributed by atoms with E-state index in [-0.39, 0.29) is 12.1 Å². The van der Waals surface area contributed by atoms with Gasteiger partial charge in [-0.05, 0) is 26.7 Å². The van der Waals surface area contributed by atoms with Crippen LogP contribution in [0.5, 0.6) is 0 Å². The summed E-state index contributed by atoms with van der Waals surface area (Å²) in [5.74, 6) is 0. The smallest absolute Gasteiger partial charge is 0.0700 e. The van der Waals surface area contributed by atoms with Gasteiger partial charge in [-0.3, -0.25) is 0 Å². The Balaban J connectivity index is 3.09. The minimum atomic E-state index is 0.206. The number of hydrogen-bond acceptors (Lipinski definition) is 4. The van der Waals surface area contributed by atoms with Gasteiger partial charge in [0, 0.05) is 26.4 Å². The van der Waals surface area contributed by atoms with Crippen LogP contribution in [-0.2, 0) is 14.2 Å². The molecule has 0 saturated carbocycles. The number of ether oxygens (including phenoxy) is 3. The van der Waals surface area contributed by atoms with Gasteiger partial charge < -0.3 is 19.9 Å². The molecule has 0 amide bonds. The summed E-state index contributed by atoms with van der Waals surface area (Å²) in [6.45, 7) is 6.83. The van der Waals surface area contributed by atoms with E-state index < -0.39 is 0 Å². The van der Waals surface area contributed by atoms with Crippen molar-refractivity contribution in [3.8, 4) is 0 Å².